The van der Waals surface area contributed by atoms with Crippen molar-refractivity contribution >= 4 is 22.3 Å². The van der Waals surface area contributed by atoms with Gasteiger partial charge >= 0.3 is 0 Å². The number of hydrogen-bond acceptors (Lipinski definition) is 6. The maximum atomic E-state index is 5.51. The summed E-state index contributed by atoms with van der Waals surface area (Å²) in [5, 5.41) is 1.04. The lowest BCUT2D eigenvalue weighted by Gasteiger charge is -2.25. The van der Waals surface area contributed by atoms with Crippen molar-refractivity contribution in [3.05, 3.63) is 91.4 Å². The number of fused-ring (bicyclic) bond motifs is 1. The second kappa shape index (κ2) is 9.00. The molecule has 0 aliphatic heterocycles. The SMILES string of the molecule is COc1cc(OC)cc(N(Cc2ncc[nH]2)c2ccc3ncc(-c4cccnc4)cc3c2)c1. The van der Waals surface area contributed by atoms with E-state index in [0.717, 1.165) is 50.7 Å². The van der Waals surface area contributed by atoms with Crippen LogP contribution in [0, 0.1) is 0 Å². The second-order valence-corrected chi connectivity index (χ2v) is 7.54. The number of nitrogens with one attached hydrogen (secondary N) is 1. The Morgan fingerprint density at radius 1 is 0.818 bits per heavy atom. The van der Waals surface area contributed by atoms with Gasteiger partial charge in [-0.1, -0.05) is 6.07 Å². The van der Waals surface area contributed by atoms with Gasteiger partial charge in [-0.05, 0) is 30.3 Å². The van der Waals surface area contributed by atoms with E-state index in [4.69, 9.17) is 9.47 Å². The Hall–Kier alpha value is -4.39. The van der Waals surface area contributed by atoms with Crippen LogP contribution in [0.3, 0.4) is 0 Å². The Bertz CT molecular complexity index is 1350. The van der Waals surface area contributed by atoms with Crippen molar-refractivity contribution in [3.63, 3.8) is 0 Å². The van der Waals surface area contributed by atoms with Gasteiger partial charge < -0.3 is 19.4 Å². The van der Waals surface area contributed by atoms with Crippen LogP contribution in [0.25, 0.3) is 22.0 Å². The molecule has 3 aromatic heterocycles. The lowest BCUT2D eigenvalue weighted by atomic mass is 10.1. The molecule has 7 nitrogen and oxygen atoms in total. The molecular formula is C26H23N5O2. The van der Waals surface area contributed by atoms with E-state index in [2.05, 4.69) is 43.0 Å². The maximum absolute atomic E-state index is 5.51. The van der Waals surface area contributed by atoms with Gasteiger partial charge in [0, 0.05) is 77.1 Å². The van der Waals surface area contributed by atoms with Crippen molar-refractivity contribution in [2.75, 3.05) is 19.1 Å². The summed E-state index contributed by atoms with van der Waals surface area (Å²) in [6, 6.07) is 18.2. The second-order valence-electron chi connectivity index (χ2n) is 7.54. The third-order valence-corrected chi connectivity index (χ3v) is 5.48. The molecule has 5 aromatic rings. The average molecular weight is 438 g/mol. The first-order chi connectivity index (χ1) is 16.2. The first-order valence-electron chi connectivity index (χ1n) is 10.5. The maximum Gasteiger partial charge on any atom is 0.126 e. The number of methoxy groups -OCH3 is 2. The number of aromatic nitrogens is 4. The van der Waals surface area contributed by atoms with Crippen molar-refractivity contribution in [1.82, 2.24) is 19.9 Å². The summed E-state index contributed by atoms with van der Waals surface area (Å²) in [5.74, 6) is 2.28. The van der Waals surface area contributed by atoms with Crippen LogP contribution in [-0.2, 0) is 6.54 Å². The molecule has 0 atom stereocenters. The molecule has 2 aromatic carbocycles. The molecule has 0 radical (unpaired) electrons. The number of H-pyrrole nitrogens is 1. The summed E-state index contributed by atoms with van der Waals surface area (Å²) in [6.45, 7) is 0.546. The molecule has 0 aliphatic carbocycles. The third kappa shape index (κ3) is 4.34. The van der Waals surface area contributed by atoms with E-state index >= 15 is 0 Å². The van der Waals surface area contributed by atoms with Crippen LogP contribution in [-0.4, -0.2) is 34.2 Å². The summed E-state index contributed by atoms with van der Waals surface area (Å²) >= 11 is 0. The van der Waals surface area contributed by atoms with Gasteiger partial charge in [-0.3, -0.25) is 9.97 Å². The normalized spacial score (nSPS) is 10.8. The molecule has 33 heavy (non-hydrogen) atoms. The van der Waals surface area contributed by atoms with E-state index in [0.29, 0.717) is 6.54 Å². The Balaban J connectivity index is 1.62. The Morgan fingerprint density at radius 3 is 2.36 bits per heavy atom. The van der Waals surface area contributed by atoms with Gasteiger partial charge in [-0.25, -0.2) is 4.98 Å². The minimum atomic E-state index is 0.546. The van der Waals surface area contributed by atoms with Crippen LogP contribution in [0.2, 0.25) is 0 Å². The van der Waals surface area contributed by atoms with Crippen LogP contribution in [0.15, 0.2) is 85.6 Å². The number of nitrogens with zero attached hydrogens (tertiary/aromatic N) is 4. The van der Waals surface area contributed by atoms with Gasteiger partial charge in [0.05, 0.1) is 26.3 Å². The van der Waals surface area contributed by atoms with Gasteiger partial charge in [0.2, 0.25) is 0 Å². The first kappa shape index (κ1) is 20.5. The molecule has 164 valence electrons. The van der Waals surface area contributed by atoms with Crippen LogP contribution >= 0.6 is 0 Å². The molecule has 0 saturated heterocycles. The molecule has 0 unspecified atom stereocenters. The molecule has 0 spiro atoms. The highest BCUT2D eigenvalue weighted by atomic mass is 16.5. The molecule has 5 rings (SSSR count). The zero-order valence-electron chi connectivity index (χ0n) is 18.4. The predicted molar refractivity (Wildman–Crippen MR) is 129 cm³/mol. The highest BCUT2D eigenvalue weighted by Crippen LogP contribution is 2.35. The standard InChI is InChI=1S/C26H23N5O2/c1-32-23-12-22(13-24(14-23)33-2)31(17-26-28-8-9-29-26)21-5-6-25-19(11-21)10-20(16-30-25)18-4-3-7-27-15-18/h3-16H,17H2,1-2H3,(H,28,29). The number of hydrogen-bond donors (Lipinski definition) is 1. The van der Waals surface area contributed by atoms with Gasteiger partial charge in [-0.15, -0.1) is 0 Å². The molecule has 0 saturated carbocycles. The van der Waals surface area contributed by atoms with Gasteiger partial charge in [0.15, 0.2) is 0 Å². The number of imidazole rings is 1. The molecule has 7 heteroatoms. The summed E-state index contributed by atoms with van der Waals surface area (Å²) in [5.41, 5.74) is 4.90. The number of rotatable bonds is 7. The van der Waals surface area contributed by atoms with Crippen molar-refractivity contribution in [2.45, 2.75) is 6.54 Å². The van der Waals surface area contributed by atoms with Crippen molar-refractivity contribution in [2.24, 2.45) is 0 Å². The smallest absolute Gasteiger partial charge is 0.126 e. The fraction of sp³-hybridized carbons (Fsp3) is 0.115. The van der Waals surface area contributed by atoms with Crippen molar-refractivity contribution < 1.29 is 9.47 Å². The number of benzene rings is 2. The molecule has 3 heterocycles. The molecule has 1 N–H and O–H groups in total. The summed E-state index contributed by atoms with van der Waals surface area (Å²) in [4.78, 5) is 18.7. The first-order valence-corrected chi connectivity index (χ1v) is 10.5. The quantitative estimate of drug-likeness (QED) is 0.369. The predicted octanol–water partition coefficient (Wildman–Crippen LogP) is 5.38. The zero-order valence-corrected chi connectivity index (χ0v) is 18.4. The summed E-state index contributed by atoms with van der Waals surface area (Å²) in [7, 11) is 3.30. The monoisotopic (exact) mass is 437 g/mol. The fourth-order valence-corrected chi connectivity index (χ4v) is 3.79. The Morgan fingerprint density at radius 2 is 1.67 bits per heavy atom. The Labute approximate surface area is 191 Å². The van der Waals surface area contributed by atoms with E-state index in [1.54, 1.807) is 26.6 Å². The lowest BCUT2D eigenvalue weighted by molar-refractivity contribution is 0.394. The molecule has 0 fully saturated rings. The molecule has 0 amide bonds. The number of ether oxygens (including phenoxy) is 2. The van der Waals surface area contributed by atoms with E-state index < -0.39 is 0 Å². The van der Waals surface area contributed by atoms with Crippen LogP contribution in [0.5, 0.6) is 11.5 Å². The van der Waals surface area contributed by atoms with Crippen molar-refractivity contribution in [1.29, 1.82) is 0 Å². The fourth-order valence-electron chi connectivity index (χ4n) is 3.79. The lowest BCUT2D eigenvalue weighted by Crippen LogP contribution is -2.17. The van der Waals surface area contributed by atoms with Crippen LogP contribution < -0.4 is 14.4 Å². The van der Waals surface area contributed by atoms with Gasteiger partial charge in [0.25, 0.3) is 0 Å². The highest BCUT2D eigenvalue weighted by molar-refractivity contribution is 5.87. The van der Waals surface area contributed by atoms with Crippen molar-refractivity contribution in [3.8, 4) is 22.6 Å². The topological polar surface area (TPSA) is 76.2 Å². The molecule has 0 bridgehead atoms. The average Bonchev–Trinajstić information content (AvgIpc) is 3.40. The number of anilines is 2. The molecular weight excluding hydrogens is 414 g/mol. The van der Waals surface area contributed by atoms with Gasteiger partial charge in [-0.2, -0.15) is 0 Å². The van der Waals surface area contributed by atoms with E-state index in [-0.39, 0.29) is 0 Å². The minimum Gasteiger partial charge on any atom is -0.497 e. The summed E-state index contributed by atoms with van der Waals surface area (Å²) in [6.07, 6.45) is 9.07. The van der Waals surface area contributed by atoms with Crippen LogP contribution in [0.4, 0.5) is 11.4 Å². The number of aromatic amines is 1. The van der Waals surface area contributed by atoms with E-state index in [9.17, 15) is 0 Å². The third-order valence-electron chi connectivity index (χ3n) is 5.48. The van der Waals surface area contributed by atoms with Gasteiger partial charge in [0.1, 0.15) is 17.3 Å². The Kier molecular flexibility index (Phi) is 5.59. The number of pyridine rings is 2. The highest BCUT2D eigenvalue weighted by Gasteiger charge is 2.15. The zero-order chi connectivity index (χ0) is 22.6. The van der Waals surface area contributed by atoms with E-state index in [1.807, 2.05) is 55.0 Å². The van der Waals surface area contributed by atoms with E-state index in [1.165, 1.54) is 0 Å². The molecule has 0 aliphatic rings. The van der Waals surface area contributed by atoms with Crippen LogP contribution in [0.1, 0.15) is 5.82 Å². The minimum absolute atomic E-state index is 0.546. The summed E-state index contributed by atoms with van der Waals surface area (Å²) < 4.78 is 11.0. The largest absolute Gasteiger partial charge is 0.497 e.